The maximum atomic E-state index is 10.9. The minimum atomic E-state index is -0.359. The van der Waals surface area contributed by atoms with E-state index in [0.717, 1.165) is 11.3 Å². The van der Waals surface area contributed by atoms with Crippen LogP contribution in [0.2, 0.25) is 0 Å². The molecule has 0 radical (unpaired) electrons. The van der Waals surface area contributed by atoms with Gasteiger partial charge in [-0.1, -0.05) is 12.1 Å². The number of cyclic esters (lactones) is 1. The maximum Gasteiger partial charge on any atom is 0.407 e. The second-order valence-electron chi connectivity index (χ2n) is 3.30. The van der Waals surface area contributed by atoms with Gasteiger partial charge < -0.3 is 14.8 Å². The number of amides is 1. The Labute approximate surface area is 100 Å². The van der Waals surface area contributed by atoms with E-state index in [1.165, 1.54) is 0 Å². The molecule has 1 atom stereocenters. The smallest absolute Gasteiger partial charge is 0.407 e. The van der Waals surface area contributed by atoms with Gasteiger partial charge in [-0.05, 0) is 24.6 Å². The van der Waals surface area contributed by atoms with E-state index in [4.69, 9.17) is 9.47 Å². The third-order valence-corrected chi connectivity index (χ3v) is 2.24. The van der Waals surface area contributed by atoms with Gasteiger partial charge in [0.1, 0.15) is 12.4 Å². The van der Waals surface area contributed by atoms with Crippen LogP contribution in [0.15, 0.2) is 24.3 Å². The summed E-state index contributed by atoms with van der Waals surface area (Å²) in [7, 11) is 0. The Bertz CT molecular complexity index is 370. The molecule has 0 spiro atoms. The van der Waals surface area contributed by atoms with Crippen LogP contribution >= 0.6 is 12.4 Å². The number of benzene rings is 1. The van der Waals surface area contributed by atoms with Crippen LogP contribution in [0.25, 0.3) is 0 Å². The molecule has 16 heavy (non-hydrogen) atoms. The van der Waals surface area contributed by atoms with Gasteiger partial charge in [0.25, 0.3) is 0 Å². The molecule has 0 aliphatic carbocycles. The van der Waals surface area contributed by atoms with E-state index >= 15 is 0 Å². The highest BCUT2D eigenvalue weighted by Gasteiger charge is 2.23. The lowest BCUT2D eigenvalue weighted by Gasteiger charge is -2.09. The summed E-state index contributed by atoms with van der Waals surface area (Å²) in [6.07, 6.45) is -0.359. The molecule has 5 heteroatoms. The van der Waals surface area contributed by atoms with E-state index in [0.29, 0.717) is 13.2 Å². The van der Waals surface area contributed by atoms with E-state index in [9.17, 15) is 4.79 Å². The second kappa shape index (κ2) is 5.61. The molecule has 0 saturated carbocycles. The van der Waals surface area contributed by atoms with Crippen molar-refractivity contribution >= 4 is 18.5 Å². The summed E-state index contributed by atoms with van der Waals surface area (Å²) in [4.78, 5) is 10.9. The summed E-state index contributed by atoms with van der Waals surface area (Å²) in [5.74, 6) is 0.816. The van der Waals surface area contributed by atoms with Gasteiger partial charge in [-0.15, -0.1) is 12.4 Å². The molecule has 1 saturated heterocycles. The first-order chi connectivity index (χ1) is 7.29. The second-order valence-corrected chi connectivity index (χ2v) is 3.30. The monoisotopic (exact) mass is 243 g/mol. The van der Waals surface area contributed by atoms with Gasteiger partial charge in [-0.2, -0.15) is 0 Å². The fourth-order valence-electron chi connectivity index (χ4n) is 1.55. The normalized spacial score (nSPS) is 18.3. The van der Waals surface area contributed by atoms with Crippen LogP contribution in [0.3, 0.4) is 0 Å². The molecule has 1 aromatic rings. The first-order valence-corrected chi connectivity index (χ1v) is 4.95. The lowest BCUT2D eigenvalue weighted by atomic mass is 10.1. The van der Waals surface area contributed by atoms with Crippen LogP contribution in [-0.4, -0.2) is 19.3 Å². The van der Waals surface area contributed by atoms with E-state index in [1.807, 2.05) is 31.2 Å². The van der Waals surface area contributed by atoms with Gasteiger partial charge in [0.05, 0.1) is 12.6 Å². The van der Waals surface area contributed by atoms with Crippen molar-refractivity contribution in [3.05, 3.63) is 29.8 Å². The van der Waals surface area contributed by atoms with Gasteiger partial charge in [-0.25, -0.2) is 4.79 Å². The Kier molecular flexibility index (Phi) is 4.43. The average molecular weight is 244 g/mol. The van der Waals surface area contributed by atoms with Crippen molar-refractivity contribution in [3.8, 4) is 5.75 Å². The van der Waals surface area contributed by atoms with Crippen LogP contribution < -0.4 is 10.1 Å². The van der Waals surface area contributed by atoms with Crippen molar-refractivity contribution < 1.29 is 14.3 Å². The highest BCUT2D eigenvalue weighted by Crippen LogP contribution is 2.22. The maximum absolute atomic E-state index is 10.9. The molecular weight excluding hydrogens is 230 g/mol. The van der Waals surface area contributed by atoms with Crippen LogP contribution in [0.1, 0.15) is 18.5 Å². The highest BCUT2D eigenvalue weighted by atomic mass is 35.5. The van der Waals surface area contributed by atoms with Crippen molar-refractivity contribution in [3.63, 3.8) is 0 Å². The third-order valence-electron chi connectivity index (χ3n) is 2.24. The standard InChI is InChI=1S/C11H13NO3.ClH/c1-2-14-9-5-3-4-8(6-9)10-7-15-11(13)12-10;/h3-6,10H,2,7H2,1H3,(H,12,13);1H/t10-;/m1./s1. The van der Waals surface area contributed by atoms with Crippen LogP contribution in [0.4, 0.5) is 4.79 Å². The number of carbonyl (C=O) groups excluding carboxylic acids is 1. The number of ether oxygens (including phenoxy) is 2. The highest BCUT2D eigenvalue weighted by molar-refractivity contribution is 5.85. The lowest BCUT2D eigenvalue weighted by molar-refractivity contribution is 0.177. The lowest BCUT2D eigenvalue weighted by Crippen LogP contribution is -2.18. The minimum Gasteiger partial charge on any atom is -0.494 e. The molecular formula is C11H14ClNO3. The molecule has 1 fully saturated rings. The average Bonchev–Trinajstić information content (AvgIpc) is 2.66. The first kappa shape index (κ1) is 12.6. The van der Waals surface area contributed by atoms with Crippen molar-refractivity contribution in [2.24, 2.45) is 0 Å². The Morgan fingerprint density at radius 2 is 2.38 bits per heavy atom. The predicted molar refractivity (Wildman–Crippen MR) is 62.1 cm³/mol. The molecule has 1 aromatic carbocycles. The number of hydrogen-bond donors (Lipinski definition) is 1. The summed E-state index contributed by atoms with van der Waals surface area (Å²) in [5.41, 5.74) is 1.01. The Balaban J connectivity index is 0.00000128. The van der Waals surface area contributed by atoms with Crippen molar-refractivity contribution in [1.82, 2.24) is 5.32 Å². The number of halogens is 1. The summed E-state index contributed by atoms with van der Waals surface area (Å²) in [5, 5.41) is 2.72. The SMILES string of the molecule is CCOc1cccc([C@H]2COC(=O)N2)c1.Cl. The molecule has 2 rings (SSSR count). The van der Waals surface area contributed by atoms with E-state index in [2.05, 4.69) is 5.32 Å². The van der Waals surface area contributed by atoms with E-state index in [-0.39, 0.29) is 24.5 Å². The third kappa shape index (κ3) is 2.79. The van der Waals surface area contributed by atoms with Gasteiger partial charge in [-0.3, -0.25) is 0 Å². The molecule has 0 aromatic heterocycles. The summed E-state index contributed by atoms with van der Waals surface area (Å²) in [6, 6.07) is 7.61. The van der Waals surface area contributed by atoms with Gasteiger partial charge in [0, 0.05) is 0 Å². The topological polar surface area (TPSA) is 47.6 Å². The fourth-order valence-corrected chi connectivity index (χ4v) is 1.55. The van der Waals surface area contributed by atoms with Gasteiger partial charge in [0.2, 0.25) is 0 Å². The zero-order chi connectivity index (χ0) is 10.7. The molecule has 1 N–H and O–H groups in total. The predicted octanol–water partition coefficient (Wildman–Crippen LogP) is 2.29. The zero-order valence-corrected chi connectivity index (χ0v) is 9.75. The quantitative estimate of drug-likeness (QED) is 0.886. The number of carbonyl (C=O) groups is 1. The molecule has 1 heterocycles. The van der Waals surface area contributed by atoms with E-state index in [1.54, 1.807) is 0 Å². The fraction of sp³-hybridized carbons (Fsp3) is 0.364. The van der Waals surface area contributed by atoms with Crippen LogP contribution in [0, 0.1) is 0 Å². The molecule has 1 aliphatic heterocycles. The Hall–Kier alpha value is -1.42. The molecule has 88 valence electrons. The number of rotatable bonds is 3. The van der Waals surface area contributed by atoms with Gasteiger partial charge >= 0.3 is 6.09 Å². The molecule has 4 nitrogen and oxygen atoms in total. The van der Waals surface area contributed by atoms with Crippen LogP contribution in [0.5, 0.6) is 5.75 Å². The summed E-state index contributed by atoms with van der Waals surface area (Å²) in [6.45, 7) is 2.96. The minimum absolute atomic E-state index is 0. The van der Waals surface area contributed by atoms with Gasteiger partial charge in [0.15, 0.2) is 0 Å². The molecule has 0 unspecified atom stereocenters. The molecule has 1 aliphatic rings. The number of nitrogens with one attached hydrogen (secondary N) is 1. The van der Waals surface area contributed by atoms with Crippen molar-refractivity contribution in [2.45, 2.75) is 13.0 Å². The van der Waals surface area contributed by atoms with Crippen molar-refractivity contribution in [2.75, 3.05) is 13.2 Å². The molecule has 0 bridgehead atoms. The summed E-state index contributed by atoms with van der Waals surface area (Å²) >= 11 is 0. The van der Waals surface area contributed by atoms with E-state index < -0.39 is 0 Å². The Morgan fingerprint density at radius 3 is 3.00 bits per heavy atom. The first-order valence-electron chi connectivity index (χ1n) is 4.95. The van der Waals surface area contributed by atoms with Crippen molar-refractivity contribution in [1.29, 1.82) is 0 Å². The zero-order valence-electron chi connectivity index (χ0n) is 8.93. The Morgan fingerprint density at radius 1 is 1.56 bits per heavy atom. The number of hydrogen-bond acceptors (Lipinski definition) is 3. The van der Waals surface area contributed by atoms with Crippen LogP contribution in [-0.2, 0) is 4.74 Å². The largest absolute Gasteiger partial charge is 0.494 e. The molecule has 1 amide bonds. The summed E-state index contributed by atoms with van der Waals surface area (Å²) < 4.78 is 10.2. The number of alkyl carbamates (subject to hydrolysis) is 1.